The van der Waals surface area contributed by atoms with Crippen LogP contribution in [0.4, 0.5) is 5.69 Å². The normalized spacial score (nSPS) is 11.6. The highest BCUT2D eigenvalue weighted by Gasteiger charge is 2.14. The van der Waals surface area contributed by atoms with Crippen LogP contribution in [-0.2, 0) is 0 Å². The highest BCUT2D eigenvalue weighted by atomic mass is 127. The van der Waals surface area contributed by atoms with Crippen molar-refractivity contribution in [1.82, 2.24) is 0 Å². The molecular weight excluding hydrogens is 457 g/mol. The summed E-state index contributed by atoms with van der Waals surface area (Å²) in [6.07, 6.45) is 0. The lowest BCUT2D eigenvalue weighted by Gasteiger charge is -2.06. The minimum Gasteiger partial charge on any atom is -0.478 e. The van der Waals surface area contributed by atoms with Crippen LogP contribution in [-0.4, -0.2) is 22.8 Å². The highest BCUT2D eigenvalue weighted by Crippen LogP contribution is 2.28. The molecular formula is C9H7ClI2N2O2. The number of aromatic carboxylic acids is 1. The summed E-state index contributed by atoms with van der Waals surface area (Å²) >= 11 is 9.58. The van der Waals surface area contributed by atoms with Crippen molar-refractivity contribution < 1.29 is 9.90 Å². The van der Waals surface area contributed by atoms with Crippen molar-refractivity contribution >= 4 is 74.3 Å². The number of alkyl halides is 1. The maximum absolute atomic E-state index is 11.0. The number of amidine groups is 1. The molecule has 0 spiro atoms. The Morgan fingerprint density at radius 2 is 2.12 bits per heavy atom. The van der Waals surface area contributed by atoms with Gasteiger partial charge in [-0.25, -0.2) is 9.79 Å². The Balaban J connectivity index is 3.41. The smallest absolute Gasteiger partial charge is 0.337 e. The van der Waals surface area contributed by atoms with Gasteiger partial charge in [0.2, 0.25) is 0 Å². The van der Waals surface area contributed by atoms with Gasteiger partial charge in [-0.15, -0.1) is 11.6 Å². The Kier molecular flexibility index (Phi) is 5.25. The Morgan fingerprint density at radius 3 is 2.62 bits per heavy atom. The molecule has 7 heteroatoms. The van der Waals surface area contributed by atoms with E-state index in [4.69, 9.17) is 22.4 Å². The number of hydrogen-bond donors (Lipinski definition) is 2. The fraction of sp³-hybridized carbons (Fsp3) is 0.111. The molecule has 0 aliphatic carbocycles. The molecule has 0 fully saturated rings. The van der Waals surface area contributed by atoms with Crippen molar-refractivity contribution in [2.24, 2.45) is 10.7 Å². The zero-order valence-electron chi connectivity index (χ0n) is 7.88. The number of carbonyl (C=O) groups is 1. The Labute approximate surface area is 125 Å². The van der Waals surface area contributed by atoms with Gasteiger partial charge in [0.1, 0.15) is 5.84 Å². The molecule has 0 aliphatic heterocycles. The van der Waals surface area contributed by atoms with Crippen molar-refractivity contribution in [2.45, 2.75) is 0 Å². The molecule has 4 nitrogen and oxygen atoms in total. The molecule has 0 atom stereocenters. The van der Waals surface area contributed by atoms with Gasteiger partial charge in [0, 0.05) is 7.14 Å². The Bertz CT molecular complexity index is 463. The Morgan fingerprint density at radius 1 is 1.50 bits per heavy atom. The zero-order valence-corrected chi connectivity index (χ0v) is 12.9. The summed E-state index contributed by atoms with van der Waals surface area (Å²) in [6, 6.07) is 3.37. The van der Waals surface area contributed by atoms with Crippen LogP contribution < -0.4 is 5.73 Å². The van der Waals surface area contributed by atoms with E-state index in [1.807, 2.05) is 28.7 Å². The van der Waals surface area contributed by atoms with E-state index in [1.54, 1.807) is 6.07 Å². The van der Waals surface area contributed by atoms with Crippen LogP contribution in [0.5, 0.6) is 0 Å². The van der Waals surface area contributed by atoms with E-state index in [1.165, 1.54) is 0 Å². The second-order valence-electron chi connectivity index (χ2n) is 2.83. The van der Waals surface area contributed by atoms with Gasteiger partial charge >= 0.3 is 5.97 Å². The third-order valence-corrected chi connectivity index (χ3v) is 3.37. The standard InChI is InChI=1S/C9H7ClI2N2O2/c10-3-7(13)14-8-5(9(15)16)1-4(11)2-6(8)12/h1-2H,3H2,(H2,13,14)(H,15,16). The van der Waals surface area contributed by atoms with Gasteiger partial charge in [-0.3, -0.25) is 0 Å². The first-order valence-corrected chi connectivity index (χ1v) is 6.76. The molecule has 0 heterocycles. The van der Waals surface area contributed by atoms with Gasteiger partial charge < -0.3 is 10.8 Å². The molecule has 0 radical (unpaired) electrons. The number of carboxylic acids is 1. The van der Waals surface area contributed by atoms with Crippen molar-refractivity contribution in [2.75, 3.05) is 5.88 Å². The summed E-state index contributed by atoms with van der Waals surface area (Å²) in [4.78, 5) is 15.1. The zero-order chi connectivity index (χ0) is 12.3. The van der Waals surface area contributed by atoms with Crippen LogP contribution in [0.3, 0.4) is 0 Å². The summed E-state index contributed by atoms with van der Waals surface area (Å²) < 4.78 is 1.57. The molecule has 0 saturated carbocycles. The van der Waals surface area contributed by atoms with Crippen LogP contribution in [0.1, 0.15) is 10.4 Å². The number of benzene rings is 1. The van der Waals surface area contributed by atoms with Gasteiger partial charge in [0.05, 0.1) is 17.1 Å². The summed E-state index contributed by atoms with van der Waals surface area (Å²) in [5.74, 6) is -0.762. The van der Waals surface area contributed by atoms with Gasteiger partial charge in [-0.05, 0) is 57.3 Å². The van der Waals surface area contributed by atoms with E-state index in [0.29, 0.717) is 5.69 Å². The molecule has 0 unspecified atom stereocenters. The molecule has 16 heavy (non-hydrogen) atoms. The summed E-state index contributed by atoms with van der Waals surface area (Å²) in [6.45, 7) is 0. The number of carboxylic acid groups (broad SMARTS) is 1. The average Bonchev–Trinajstić information content (AvgIpc) is 2.20. The van der Waals surface area contributed by atoms with Crippen LogP contribution in [0, 0.1) is 7.14 Å². The lowest BCUT2D eigenvalue weighted by atomic mass is 10.2. The molecule has 1 aromatic rings. The van der Waals surface area contributed by atoms with E-state index in [-0.39, 0.29) is 17.3 Å². The maximum atomic E-state index is 11.0. The largest absolute Gasteiger partial charge is 0.478 e. The van der Waals surface area contributed by atoms with E-state index in [2.05, 4.69) is 27.6 Å². The predicted molar refractivity (Wildman–Crippen MR) is 80.8 cm³/mol. The fourth-order valence-electron chi connectivity index (χ4n) is 1.02. The van der Waals surface area contributed by atoms with E-state index in [9.17, 15) is 4.79 Å². The minimum atomic E-state index is -1.03. The molecule has 1 aromatic carbocycles. The van der Waals surface area contributed by atoms with Crippen LogP contribution >= 0.6 is 56.8 Å². The molecule has 1 rings (SSSR count). The number of nitrogens with zero attached hydrogens (tertiary/aromatic N) is 1. The van der Waals surface area contributed by atoms with E-state index < -0.39 is 5.97 Å². The second kappa shape index (κ2) is 6.01. The highest BCUT2D eigenvalue weighted by molar-refractivity contribution is 14.1. The van der Waals surface area contributed by atoms with Crippen LogP contribution in [0.2, 0.25) is 0 Å². The minimum absolute atomic E-state index is 0.0706. The van der Waals surface area contributed by atoms with Crippen molar-refractivity contribution in [3.8, 4) is 0 Å². The quantitative estimate of drug-likeness (QED) is 0.313. The van der Waals surface area contributed by atoms with Crippen LogP contribution in [0.15, 0.2) is 17.1 Å². The summed E-state index contributed by atoms with van der Waals surface area (Å²) in [5, 5.41) is 9.05. The number of nitrogens with two attached hydrogens (primary N) is 1. The average molecular weight is 464 g/mol. The molecule has 0 saturated heterocycles. The fourth-order valence-corrected chi connectivity index (χ4v) is 3.04. The lowest BCUT2D eigenvalue weighted by molar-refractivity contribution is 0.0697. The third kappa shape index (κ3) is 3.45. The van der Waals surface area contributed by atoms with E-state index >= 15 is 0 Å². The molecule has 3 N–H and O–H groups in total. The number of rotatable bonds is 3. The number of hydrogen-bond acceptors (Lipinski definition) is 2. The molecule has 86 valence electrons. The first kappa shape index (κ1) is 14.0. The van der Waals surface area contributed by atoms with Gasteiger partial charge in [0.25, 0.3) is 0 Å². The molecule has 0 aromatic heterocycles. The summed E-state index contributed by atoms with van der Waals surface area (Å²) in [7, 11) is 0. The van der Waals surface area contributed by atoms with Crippen molar-refractivity contribution in [1.29, 1.82) is 0 Å². The SMILES string of the molecule is NC(CCl)=Nc1c(I)cc(I)cc1C(=O)O. The second-order valence-corrected chi connectivity index (χ2v) is 5.50. The predicted octanol–water partition coefficient (Wildman–Crippen LogP) is 2.82. The number of halogens is 3. The van der Waals surface area contributed by atoms with E-state index in [0.717, 1.165) is 7.14 Å². The third-order valence-electron chi connectivity index (χ3n) is 1.65. The van der Waals surface area contributed by atoms with Gasteiger partial charge in [-0.2, -0.15) is 0 Å². The monoisotopic (exact) mass is 464 g/mol. The Hall–Kier alpha value is -0.0900. The van der Waals surface area contributed by atoms with Crippen molar-refractivity contribution in [3.05, 3.63) is 24.8 Å². The van der Waals surface area contributed by atoms with Gasteiger partial charge in [-0.1, -0.05) is 0 Å². The van der Waals surface area contributed by atoms with Crippen LogP contribution in [0.25, 0.3) is 0 Å². The molecule has 0 amide bonds. The topological polar surface area (TPSA) is 75.7 Å². The van der Waals surface area contributed by atoms with Crippen molar-refractivity contribution in [3.63, 3.8) is 0 Å². The maximum Gasteiger partial charge on any atom is 0.337 e. The number of aliphatic imine (C=N–C) groups is 1. The lowest BCUT2D eigenvalue weighted by Crippen LogP contribution is -2.13. The van der Waals surface area contributed by atoms with Gasteiger partial charge in [0.15, 0.2) is 0 Å². The molecule has 0 bridgehead atoms. The first-order valence-electron chi connectivity index (χ1n) is 4.07. The molecule has 0 aliphatic rings. The first-order chi connectivity index (χ1) is 7.45. The summed E-state index contributed by atoms with van der Waals surface area (Å²) in [5.41, 5.74) is 5.98.